The quantitative estimate of drug-likeness (QED) is 0.355. The number of aliphatic imine (C=N–C) groups is 1. The van der Waals surface area contributed by atoms with Crippen molar-refractivity contribution in [3.8, 4) is 0 Å². The van der Waals surface area contributed by atoms with Gasteiger partial charge < -0.3 is 9.64 Å². The fourth-order valence-corrected chi connectivity index (χ4v) is 7.28. The number of rotatable bonds is 4. The zero-order chi connectivity index (χ0) is 25.7. The number of nitrogens with one attached hydrogen (secondary N) is 1. The monoisotopic (exact) mass is 538 g/mol. The molecule has 2 aromatic rings. The minimum atomic E-state index is -0.557. The van der Waals surface area contributed by atoms with Crippen molar-refractivity contribution in [1.29, 1.82) is 0 Å². The lowest BCUT2D eigenvalue weighted by Gasteiger charge is -2.31. The molecule has 0 saturated carbocycles. The van der Waals surface area contributed by atoms with Gasteiger partial charge in [-0.25, -0.2) is 20.1 Å². The highest BCUT2D eigenvalue weighted by Crippen LogP contribution is 2.45. The standard InChI is InChI=1S/C25H23ClN6O4S/c1-37-22-11-27-10-18(22)19-12-29(21-8-3-2-7-20(21)26)13-23-30(24(19)37)15-28-31(23)25(33)36-14-16-5-4-6-17(9-16)32(34)35/h2-9,11-12,23,28H,10,13-15H2,1H3. The molecular weight excluding hydrogens is 516 g/mol. The first kappa shape index (κ1) is 23.9. The molecule has 37 heavy (non-hydrogen) atoms. The first-order valence-electron chi connectivity index (χ1n) is 11.6. The van der Waals surface area contributed by atoms with Gasteiger partial charge in [0.2, 0.25) is 0 Å². The van der Waals surface area contributed by atoms with E-state index < -0.39 is 11.0 Å². The van der Waals surface area contributed by atoms with Crippen LogP contribution in [0.3, 0.4) is 0 Å². The van der Waals surface area contributed by atoms with E-state index in [1.165, 1.54) is 27.6 Å². The summed E-state index contributed by atoms with van der Waals surface area (Å²) in [5.41, 5.74) is 6.87. The fourth-order valence-electron chi connectivity index (χ4n) is 5.01. The number of fused-ring (bicyclic) bond motifs is 4. The Bertz CT molecular complexity index is 1450. The largest absolute Gasteiger partial charge is 0.444 e. The molecule has 2 atom stereocenters. The van der Waals surface area contributed by atoms with Gasteiger partial charge in [-0.1, -0.05) is 35.9 Å². The van der Waals surface area contributed by atoms with Crippen LogP contribution in [0.15, 0.2) is 75.8 Å². The van der Waals surface area contributed by atoms with E-state index in [9.17, 15) is 14.9 Å². The molecule has 6 rings (SSSR count). The molecule has 1 amide bonds. The first-order valence-corrected chi connectivity index (χ1v) is 13.6. The molecule has 0 radical (unpaired) electrons. The van der Waals surface area contributed by atoms with Crippen molar-refractivity contribution in [2.24, 2.45) is 4.99 Å². The maximum Gasteiger partial charge on any atom is 0.426 e. The lowest BCUT2D eigenvalue weighted by Crippen LogP contribution is -2.50. The van der Waals surface area contributed by atoms with Crippen molar-refractivity contribution < 1.29 is 14.5 Å². The molecule has 190 valence electrons. The molecule has 12 heteroatoms. The van der Waals surface area contributed by atoms with Crippen molar-refractivity contribution in [1.82, 2.24) is 15.3 Å². The molecule has 1 N–H and O–H groups in total. The van der Waals surface area contributed by atoms with E-state index in [2.05, 4.69) is 32.7 Å². The number of amides is 1. The van der Waals surface area contributed by atoms with Crippen LogP contribution in [0, 0.1) is 10.1 Å². The molecule has 4 aliphatic rings. The van der Waals surface area contributed by atoms with Gasteiger partial charge in [0.05, 0.1) is 40.4 Å². The molecule has 1 fully saturated rings. The Labute approximate surface area is 220 Å². The summed E-state index contributed by atoms with van der Waals surface area (Å²) < 4.78 is 5.59. The second-order valence-corrected chi connectivity index (χ2v) is 11.1. The van der Waals surface area contributed by atoms with E-state index in [1.54, 1.807) is 12.1 Å². The Morgan fingerprint density at radius 2 is 2.14 bits per heavy atom. The zero-order valence-electron chi connectivity index (χ0n) is 19.8. The van der Waals surface area contributed by atoms with E-state index in [0.29, 0.717) is 30.3 Å². The summed E-state index contributed by atoms with van der Waals surface area (Å²) >= 11 is 6.59. The van der Waals surface area contributed by atoms with Crippen LogP contribution < -0.4 is 10.3 Å². The SMILES string of the molecule is CS1=C2C(=CN(c3ccccc3Cl)CC3N2CNN3C(=O)OCc2cccc([N+](=O)[O-])c2)C2=C1C=NC2. The molecule has 2 unspecified atom stereocenters. The summed E-state index contributed by atoms with van der Waals surface area (Å²) in [5.74, 6) is 0. The summed E-state index contributed by atoms with van der Waals surface area (Å²) in [7, 11) is -0.200. The Morgan fingerprint density at radius 1 is 1.30 bits per heavy atom. The van der Waals surface area contributed by atoms with Gasteiger partial charge in [-0.2, -0.15) is 0 Å². The third kappa shape index (κ3) is 4.13. The second kappa shape index (κ2) is 9.42. The lowest BCUT2D eigenvalue weighted by molar-refractivity contribution is -0.384. The summed E-state index contributed by atoms with van der Waals surface area (Å²) in [6.07, 6.45) is 5.35. The number of hydrogen-bond acceptors (Lipinski definition) is 8. The van der Waals surface area contributed by atoms with E-state index in [0.717, 1.165) is 16.2 Å². The van der Waals surface area contributed by atoms with E-state index in [1.807, 2.05) is 30.5 Å². The van der Waals surface area contributed by atoms with Gasteiger partial charge in [0.1, 0.15) is 12.8 Å². The summed E-state index contributed by atoms with van der Waals surface area (Å²) in [6, 6.07) is 13.7. The number of nitro benzene ring substituents is 1. The summed E-state index contributed by atoms with van der Waals surface area (Å²) in [6.45, 7) is 1.45. The highest BCUT2D eigenvalue weighted by Gasteiger charge is 2.45. The number of nitrogens with zero attached hydrogens (tertiary/aromatic N) is 5. The second-order valence-electron chi connectivity index (χ2n) is 8.89. The predicted octanol–water partition coefficient (Wildman–Crippen LogP) is 4.08. The Morgan fingerprint density at radius 3 is 2.95 bits per heavy atom. The maximum atomic E-state index is 13.3. The number of ether oxygens (including phenoxy) is 1. The van der Waals surface area contributed by atoms with Crippen molar-refractivity contribution in [3.63, 3.8) is 0 Å². The number of allylic oxidation sites excluding steroid dienone is 1. The Kier molecular flexibility index (Phi) is 6.07. The molecule has 4 heterocycles. The predicted molar refractivity (Wildman–Crippen MR) is 145 cm³/mol. The minimum Gasteiger partial charge on any atom is -0.444 e. The van der Waals surface area contributed by atoms with Crippen molar-refractivity contribution in [2.75, 3.05) is 30.9 Å². The molecule has 10 nitrogen and oxygen atoms in total. The van der Waals surface area contributed by atoms with Gasteiger partial charge in [0.25, 0.3) is 5.69 Å². The van der Waals surface area contributed by atoms with Crippen molar-refractivity contribution in [3.05, 3.63) is 91.5 Å². The van der Waals surface area contributed by atoms with Gasteiger partial charge in [0, 0.05) is 35.0 Å². The maximum absolute atomic E-state index is 13.3. The average molecular weight is 539 g/mol. The van der Waals surface area contributed by atoms with Gasteiger partial charge in [-0.05, 0) is 29.5 Å². The number of non-ortho nitro benzene ring substituents is 1. The number of carbonyl (C=O) groups excluding carboxylic acids is 1. The number of hydrazine groups is 1. The minimum absolute atomic E-state index is 0.0477. The molecule has 0 spiro atoms. The molecule has 2 aromatic carbocycles. The number of carbonyl (C=O) groups is 1. The van der Waals surface area contributed by atoms with Crippen LogP contribution in [0.4, 0.5) is 16.2 Å². The number of para-hydroxylation sites is 1. The summed E-state index contributed by atoms with van der Waals surface area (Å²) in [5, 5.41) is 13.2. The number of anilines is 1. The van der Waals surface area contributed by atoms with Crippen LogP contribution in [0.2, 0.25) is 5.02 Å². The van der Waals surface area contributed by atoms with Gasteiger partial charge in [0.15, 0.2) is 0 Å². The number of benzene rings is 2. The molecule has 0 aromatic heterocycles. The lowest BCUT2D eigenvalue weighted by atomic mass is 10.1. The van der Waals surface area contributed by atoms with Crippen LogP contribution in [-0.4, -0.2) is 64.3 Å². The van der Waals surface area contributed by atoms with E-state index in [-0.39, 0.29) is 28.9 Å². The zero-order valence-corrected chi connectivity index (χ0v) is 21.4. The van der Waals surface area contributed by atoms with Crippen molar-refractivity contribution >= 4 is 50.8 Å². The molecule has 0 aliphatic carbocycles. The Balaban J connectivity index is 1.31. The van der Waals surface area contributed by atoms with Crippen LogP contribution in [0.25, 0.3) is 0 Å². The molecule has 4 aliphatic heterocycles. The Hall–Kier alpha value is -3.51. The number of nitro groups is 1. The first-order chi connectivity index (χ1) is 17.9. The van der Waals surface area contributed by atoms with Gasteiger partial charge in [-0.3, -0.25) is 15.1 Å². The highest BCUT2D eigenvalue weighted by atomic mass is 35.5. The van der Waals surface area contributed by atoms with Crippen LogP contribution in [0.5, 0.6) is 0 Å². The van der Waals surface area contributed by atoms with Crippen molar-refractivity contribution in [2.45, 2.75) is 12.8 Å². The van der Waals surface area contributed by atoms with Crippen LogP contribution >= 0.6 is 22.1 Å². The fraction of sp³-hybridized carbons (Fsp3) is 0.240. The number of hydrogen-bond donors (Lipinski definition) is 1. The van der Waals surface area contributed by atoms with Crippen LogP contribution in [0.1, 0.15) is 5.56 Å². The smallest absolute Gasteiger partial charge is 0.426 e. The summed E-state index contributed by atoms with van der Waals surface area (Å²) in [4.78, 5) is 35.1. The van der Waals surface area contributed by atoms with E-state index in [4.69, 9.17) is 16.3 Å². The third-order valence-electron chi connectivity index (χ3n) is 6.75. The molecule has 1 saturated heterocycles. The topological polar surface area (TPSA) is 104 Å². The molecular formula is C25H23ClN6O4S. The van der Waals surface area contributed by atoms with Gasteiger partial charge >= 0.3 is 6.09 Å². The van der Waals surface area contributed by atoms with Crippen LogP contribution in [-0.2, 0) is 11.3 Å². The number of halogens is 1. The highest BCUT2D eigenvalue weighted by molar-refractivity contribution is 8.20. The molecule has 0 bridgehead atoms. The normalized spacial score (nSPS) is 22.5. The average Bonchev–Trinajstić information content (AvgIpc) is 3.57. The third-order valence-corrected chi connectivity index (χ3v) is 9.11. The van der Waals surface area contributed by atoms with Gasteiger partial charge in [-0.15, -0.1) is 10.5 Å². The van der Waals surface area contributed by atoms with E-state index >= 15 is 0 Å².